The molecule has 0 radical (unpaired) electrons. The highest BCUT2D eigenvalue weighted by Crippen LogP contribution is 2.38. The molecular formula is C30H42N2O9. The Hall–Kier alpha value is -3.67. The van der Waals surface area contributed by atoms with Crippen molar-refractivity contribution in [1.82, 2.24) is 0 Å². The van der Waals surface area contributed by atoms with Crippen molar-refractivity contribution in [3.63, 3.8) is 0 Å². The second-order valence-electron chi connectivity index (χ2n) is 10.3. The number of ether oxygens (including phenoxy) is 4. The Labute approximate surface area is 241 Å². The van der Waals surface area contributed by atoms with Gasteiger partial charge in [0.2, 0.25) is 0 Å². The maximum Gasteiger partial charge on any atom is 0.405 e. The number of rotatable bonds is 5. The van der Waals surface area contributed by atoms with E-state index in [1.807, 2.05) is 19.9 Å². The highest BCUT2D eigenvalue weighted by atomic mass is 16.6. The van der Waals surface area contributed by atoms with Crippen LogP contribution in [0.15, 0.2) is 41.5 Å². The minimum Gasteiger partial charge on any atom is -0.507 e. The average molecular weight is 575 g/mol. The molecule has 6 atom stereocenters. The lowest BCUT2D eigenvalue weighted by atomic mass is 9.87. The smallest absolute Gasteiger partial charge is 0.405 e. The molecule has 41 heavy (non-hydrogen) atoms. The first-order chi connectivity index (χ1) is 19.4. The Morgan fingerprint density at radius 2 is 1.80 bits per heavy atom. The molecule has 2 amide bonds. The largest absolute Gasteiger partial charge is 0.507 e. The van der Waals surface area contributed by atoms with Crippen molar-refractivity contribution >= 4 is 24.0 Å². The summed E-state index contributed by atoms with van der Waals surface area (Å²) in [5, 5.41) is 24.2. The van der Waals surface area contributed by atoms with Gasteiger partial charge >= 0.3 is 6.09 Å². The molecule has 11 heteroatoms. The molecule has 2 rings (SSSR count). The zero-order valence-electron chi connectivity index (χ0n) is 24.7. The molecule has 0 unspecified atom stereocenters. The molecule has 0 saturated carbocycles. The summed E-state index contributed by atoms with van der Waals surface area (Å²) < 4.78 is 22.6. The summed E-state index contributed by atoms with van der Waals surface area (Å²) >= 11 is 0. The summed E-state index contributed by atoms with van der Waals surface area (Å²) in [5.41, 5.74) is 6.43. The van der Waals surface area contributed by atoms with E-state index in [1.165, 1.54) is 13.2 Å². The Morgan fingerprint density at radius 3 is 2.37 bits per heavy atom. The summed E-state index contributed by atoms with van der Waals surface area (Å²) in [5.74, 6) is -1.58. The molecule has 5 N–H and O–H groups in total. The van der Waals surface area contributed by atoms with E-state index in [1.54, 1.807) is 40.2 Å². The third-order valence-corrected chi connectivity index (χ3v) is 7.23. The quantitative estimate of drug-likeness (QED) is 0.176. The number of carbonyl (C=O) groups excluding carboxylic acids is 3. The molecular weight excluding hydrogens is 532 g/mol. The number of aldehydes is 1. The van der Waals surface area contributed by atoms with Crippen molar-refractivity contribution in [2.45, 2.75) is 65.0 Å². The number of hydrogen-bond donors (Lipinski definition) is 4. The molecule has 0 saturated heterocycles. The number of allylic oxidation sites excluding steroid dienone is 2. The number of fused-ring (bicyclic) bond motifs is 2. The van der Waals surface area contributed by atoms with Gasteiger partial charge in [-0.15, -0.1) is 0 Å². The van der Waals surface area contributed by atoms with Crippen LogP contribution in [0.25, 0.3) is 0 Å². The van der Waals surface area contributed by atoms with Crippen LogP contribution in [0.5, 0.6) is 11.5 Å². The van der Waals surface area contributed by atoms with Crippen LogP contribution in [0, 0.1) is 11.8 Å². The fourth-order valence-electron chi connectivity index (χ4n) is 5.12. The van der Waals surface area contributed by atoms with Gasteiger partial charge < -0.3 is 40.2 Å². The van der Waals surface area contributed by atoms with Crippen LogP contribution in [0.2, 0.25) is 0 Å². The summed E-state index contributed by atoms with van der Waals surface area (Å²) in [6.45, 7) is 7.21. The van der Waals surface area contributed by atoms with E-state index >= 15 is 0 Å². The highest BCUT2D eigenvalue weighted by Gasteiger charge is 2.31. The van der Waals surface area contributed by atoms with Gasteiger partial charge in [-0.1, -0.05) is 38.2 Å². The molecule has 0 fully saturated rings. The molecule has 2 bridgehead atoms. The maximum absolute atomic E-state index is 12.9. The van der Waals surface area contributed by atoms with Gasteiger partial charge in [-0.25, -0.2) is 4.79 Å². The van der Waals surface area contributed by atoms with E-state index in [2.05, 4.69) is 5.32 Å². The molecule has 11 nitrogen and oxygen atoms in total. The number of primary amides is 1. The van der Waals surface area contributed by atoms with Gasteiger partial charge in [-0.3, -0.25) is 9.59 Å². The molecule has 1 aromatic carbocycles. The second-order valence-corrected chi connectivity index (χ2v) is 10.3. The summed E-state index contributed by atoms with van der Waals surface area (Å²) in [7, 11) is 4.60. The SMILES string of the molecule is CO[C@H]1[C@H](C)C=C(C)[C@@H](OC(N)=O)[C@@H](OC)C=CC=C(C)C(=O)Nc2cc(O)c(C=O)c(c2O)C[C@@H](C)C[C@H]1OC. The Bertz CT molecular complexity index is 1190. The van der Waals surface area contributed by atoms with Crippen LogP contribution in [0.1, 0.15) is 50.0 Å². The maximum atomic E-state index is 12.9. The van der Waals surface area contributed by atoms with Crippen molar-refractivity contribution in [2.75, 3.05) is 26.6 Å². The first-order valence-electron chi connectivity index (χ1n) is 13.3. The van der Waals surface area contributed by atoms with E-state index in [9.17, 15) is 24.6 Å². The molecule has 1 aromatic rings. The number of hydrogen-bond acceptors (Lipinski definition) is 9. The third kappa shape index (κ3) is 8.66. The van der Waals surface area contributed by atoms with Gasteiger partial charge in [-0.05, 0) is 38.2 Å². The number of amides is 2. The van der Waals surface area contributed by atoms with Gasteiger partial charge in [-0.2, -0.15) is 0 Å². The van der Waals surface area contributed by atoms with E-state index < -0.39 is 36.4 Å². The number of nitrogens with two attached hydrogens (primary N) is 1. The molecule has 1 aliphatic heterocycles. The average Bonchev–Trinajstić information content (AvgIpc) is 2.91. The van der Waals surface area contributed by atoms with E-state index in [4.69, 9.17) is 24.7 Å². The minimum atomic E-state index is -0.971. The van der Waals surface area contributed by atoms with Crippen molar-refractivity contribution in [3.05, 3.63) is 52.6 Å². The number of phenolic OH excluding ortho intramolecular Hbond substituents is 2. The van der Waals surface area contributed by atoms with Crippen LogP contribution in [0.3, 0.4) is 0 Å². The standard InChI is InChI=1S/C30H42N2O9/c1-16-11-20-21(15-33)23(34)14-22(26(20)35)32-29(36)17(2)9-8-10-24(38-5)28(41-30(31)37)19(4)13-18(3)27(40-7)25(12-16)39-6/h8-10,13-16,18,24-25,27-28,34-35H,11-12H2,1-7H3,(H2,31,37)(H,32,36)/t16-,18-,24+,25-,27+,28-/m1/s1. The van der Waals surface area contributed by atoms with Gasteiger partial charge in [0.05, 0.1) is 23.5 Å². The number of phenols is 2. The van der Waals surface area contributed by atoms with Gasteiger partial charge in [0.1, 0.15) is 17.6 Å². The van der Waals surface area contributed by atoms with Gasteiger partial charge in [0.15, 0.2) is 12.4 Å². The molecule has 1 heterocycles. The third-order valence-electron chi connectivity index (χ3n) is 7.23. The number of anilines is 1. The van der Waals surface area contributed by atoms with Crippen LogP contribution in [-0.2, 0) is 30.2 Å². The molecule has 0 spiro atoms. The summed E-state index contributed by atoms with van der Waals surface area (Å²) in [6, 6.07) is 1.14. The monoisotopic (exact) mass is 574 g/mol. The van der Waals surface area contributed by atoms with E-state index in [0.29, 0.717) is 18.3 Å². The Morgan fingerprint density at radius 1 is 1.12 bits per heavy atom. The molecule has 226 valence electrons. The fraction of sp³-hybridized carbons (Fsp3) is 0.500. The predicted molar refractivity (Wildman–Crippen MR) is 154 cm³/mol. The predicted octanol–water partition coefficient (Wildman–Crippen LogP) is 4.02. The Balaban J connectivity index is 2.69. The molecule has 0 aromatic heterocycles. The fourth-order valence-corrected chi connectivity index (χ4v) is 5.12. The van der Waals surface area contributed by atoms with Crippen molar-refractivity contribution in [1.29, 1.82) is 0 Å². The molecule has 1 aliphatic rings. The number of methoxy groups -OCH3 is 3. The van der Waals surface area contributed by atoms with Crippen LogP contribution < -0.4 is 11.1 Å². The lowest BCUT2D eigenvalue weighted by Crippen LogP contribution is -2.38. The number of nitrogens with one attached hydrogen (secondary N) is 1. The summed E-state index contributed by atoms with van der Waals surface area (Å²) in [6.07, 6.45) is 4.36. The first kappa shape index (κ1) is 33.5. The van der Waals surface area contributed by atoms with Crippen molar-refractivity contribution < 1.29 is 43.5 Å². The lowest BCUT2D eigenvalue weighted by Gasteiger charge is -2.32. The number of benzene rings is 1. The zero-order valence-corrected chi connectivity index (χ0v) is 24.7. The number of carbonyl (C=O) groups is 3. The van der Waals surface area contributed by atoms with E-state index in [-0.39, 0.29) is 52.1 Å². The normalized spacial score (nSPS) is 26.5. The van der Waals surface area contributed by atoms with Crippen molar-refractivity contribution in [2.24, 2.45) is 17.6 Å². The lowest BCUT2D eigenvalue weighted by molar-refractivity contribution is -0.112. The van der Waals surface area contributed by atoms with Crippen LogP contribution in [-0.4, -0.2) is 74.2 Å². The second kappa shape index (κ2) is 15.4. The topological polar surface area (TPSA) is 167 Å². The number of aromatic hydroxyl groups is 2. The van der Waals surface area contributed by atoms with Gasteiger partial charge in [0.25, 0.3) is 5.91 Å². The van der Waals surface area contributed by atoms with Crippen LogP contribution >= 0.6 is 0 Å². The minimum absolute atomic E-state index is 0.0360. The van der Waals surface area contributed by atoms with Crippen molar-refractivity contribution in [3.8, 4) is 11.5 Å². The van der Waals surface area contributed by atoms with Crippen LogP contribution in [0.4, 0.5) is 10.5 Å². The molecule has 0 aliphatic carbocycles. The van der Waals surface area contributed by atoms with Gasteiger partial charge in [0, 0.05) is 44.5 Å². The van der Waals surface area contributed by atoms with E-state index in [0.717, 1.165) is 6.07 Å². The first-order valence-corrected chi connectivity index (χ1v) is 13.3. The highest BCUT2D eigenvalue weighted by molar-refractivity contribution is 6.05. The Kier molecular flexibility index (Phi) is 12.6. The summed E-state index contributed by atoms with van der Waals surface area (Å²) in [4.78, 5) is 36.5. The zero-order chi connectivity index (χ0) is 30.9.